The predicted octanol–water partition coefficient (Wildman–Crippen LogP) is 3.86. The quantitative estimate of drug-likeness (QED) is 0.493. The van der Waals surface area contributed by atoms with Gasteiger partial charge < -0.3 is 19.9 Å². The van der Waals surface area contributed by atoms with E-state index in [1.165, 1.54) is 44.8 Å². The summed E-state index contributed by atoms with van der Waals surface area (Å²) in [6, 6.07) is 6.24. The number of piperazine rings is 1. The summed E-state index contributed by atoms with van der Waals surface area (Å²) in [4.78, 5) is 46.1. The summed E-state index contributed by atoms with van der Waals surface area (Å²) in [5, 5.41) is 3.56. The summed E-state index contributed by atoms with van der Waals surface area (Å²) in [6.07, 6.45) is 3.40. The Labute approximate surface area is 257 Å². The van der Waals surface area contributed by atoms with E-state index >= 15 is 0 Å². The van der Waals surface area contributed by atoms with Gasteiger partial charge in [-0.05, 0) is 76.3 Å². The summed E-state index contributed by atoms with van der Waals surface area (Å²) in [7, 11) is -3.80. The molecule has 0 saturated carbocycles. The third-order valence-corrected chi connectivity index (χ3v) is 11.5. The van der Waals surface area contributed by atoms with Gasteiger partial charge in [-0.25, -0.2) is 13.2 Å². The largest absolute Gasteiger partial charge is 0.450 e. The van der Waals surface area contributed by atoms with Crippen LogP contribution in [-0.2, 0) is 27.7 Å². The lowest BCUT2D eigenvalue weighted by Crippen LogP contribution is -2.50. The van der Waals surface area contributed by atoms with Gasteiger partial charge in [0.05, 0.1) is 17.1 Å². The normalized spacial score (nSPS) is 18.4. The molecule has 3 aliphatic heterocycles. The number of nitrogens with one attached hydrogen (secondary N) is 1. The molecule has 0 aliphatic carbocycles. The Balaban J connectivity index is 1.32. The van der Waals surface area contributed by atoms with Gasteiger partial charge in [-0.1, -0.05) is 0 Å². The number of hydrogen-bond donors (Lipinski definition) is 1. The number of nitrogens with zero attached hydrogens (tertiary/aromatic N) is 4. The molecule has 5 rings (SSSR count). The molecule has 1 aromatic carbocycles. The molecule has 11 nitrogen and oxygen atoms in total. The molecule has 2 fully saturated rings. The van der Waals surface area contributed by atoms with Crippen LogP contribution in [0, 0.1) is 0 Å². The smallest absolute Gasteiger partial charge is 0.409 e. The Morgan fingerprint density at radius 1 is 0.930 bits per heavy atom. The molecule has 2 saturated heterocycles. The lowest BCUT2D eigenvalue weighted by molar-refractivity contribution is 0.0723. The van der Waals surface area contributed by atoms with Gasteiger partial charge in [0.25, 0.3) is 11.8 Å². The molecule has 3 amide bonds. The molecule has 0 atom stereocenters. The SMILES string of the molecule is CCOC(=O)N1CCN(S(=O)(=O)c2ccc(C(=O)Nc3sc4c(c3C(=O)N3CCCCC3)CCN(C(C)C)C4)cc2)CC1. The van der Waals surface area contributed by atoms with Gasteiger partial charge >= 0.3 is 6.09 Å². The van der Waals surface area contributed by atoms with E-state index < -0.39 is 16.1 Å². The molecule has 0 radical (unpaired) electrons. The molecule has 4 heterocycles. The van der Waals surface area contributed by atoms with Gasteiger partial charge in [-0.15, -0.1) is 11.3 Å². The zero-order chi connectivity index (χ0) is 30.7. The lowest BCUT2D eigenvalue weighted by atomic mass is 10.00. The summed E-state index contributed by atoms with van der Waals surface area (Å²) in [5.74, 6) is -0.408. The van der Waals surface area contributed by atoms with Crippen molar-refractivity contribution in [3.8, 4) is 0 Å². The zero-order valence-electron chi connectivity index (χ0n) is 25.1. The molecular weight excluding hydrogens is 590 g/mol. The van der Waals surface area contributed by atoms with Crippen molar-refractivity contribution in [1.29, 1.82) is 0 Å². The van der Waals surface area contributed by atoms with E-state index in [2.05, 4.69) is 24.1 Å². The van der Waals surface area contributed by atoms with Gasteiger partial charge in [0, 0.05) is 68.8 Å². The van der Waals surface area contributed by atoms with Crippen molar-refractivity contribution in [2.45, 2.75) is 63.9 Å². The van der Waals surface area contributed by atoms with E-state index in [0.717, 1.165) is 62.3 Å². The van der Waals surface area contributed by atoms with Crippen molar-refractivity contribution in [3.05, 3.63) is 45.8 Å². The first kappa shape index (κ1) is 31.4. The average molecular weight is 632 g/mol. The molecular formula is C30H41N5O6S2. The number of piperidine rings is 1. The van der Waals surface area contributed by atoms with Crippen molar-refractivity contribution >= 4 is 44.3 Å². The minimum absolute atomic E-state index is 0.0185. The van der Waals surface area contributed by atoms with Gasteiger partial charge in [-0.2, -0.15) is 4.31 Å². The lowest BCUT2D eigenvalue weighted by Gasteiger charge is -2.33. The summed E-state index contributed by atoms with van der Waals surface area (Å²) < 4.78 is 32.9. The van der Waals surface area contributed by atoms with Crippen LogP contribution >= 0.6 is 11.3 Å². The molecule has 0 spiro atoms. The second-order valence-corrected chi connectivity index (χ2v) is 14.5. The first-order valence-electron chi connectivity index (χ1n) is 15.1. The van der Waals surface area contributed by atoms with Crippen LogP contribution in [0.5, 0.6) is 0 Å². The van der Waals surface area contributed by atoms with Gasteiger partial charge in [-0.3, -0.25) is 14.5 Å². The number of anilines is 1. The first-order chi connectivity index (χ1) is 20.6. The number of benzene rings is 1. The number of hydrogen-bond acceptors (Lipinski definition) is 8. The number of fused-ring (bicyclic) bond motifs is 1. The fourth-order valence-corrected chi connectivity index (χ4v) is 8.54. The molecule has 2 aromatic rings. The third kappa shape index (κ3) is 6.74. The molecule has 3 aliphatic rings. The number of carbonyl (C=O) groups excluding carboxylic acids is 3. The van der Waals surface area contributed by atoms with Gasteiger partial charge in [0.1, 0.15) is 5.00 Å². The van der Waals surface area contributed by atoms with Crippen LogP contribution < -0.4 is 5.32 Å². The molecule has 1 aromatic heterocycles. The number of amides is 3. The molecule has 0 bridgehead atoms. The van der Waals surface area contributed by atoms with Crippen molar-refractivity contribution in [3.63, 3.8) is 0 Å². The summed E-state index contributed by atoms with van der Waals surface area (Å²) >= 11 is 1.47. The van der Waals surface area contributed by atoms with Crippen LogP contribution in [-0.4, -0.2) is 104 Å². The van der Waals surface area contributed by atoms with Crippen LogP contribution in [0.4, 0.5) is 9.80 Å². The monoisotopic (exact) mass is 631 g/mol. The highest BCUT2D eigenvalue weighted by molar-refractivity contribution is 7.89. The van der Waals surface area contributed by atoms with Crippen LogP contribution in [0.25, 0.3) is 0 Å². The van der Waals surface area contributed by atoms with Crippen molar-refractivity contribution in [2.24, 2.45) is 0 Å². The minimum atomic E-state index is -3.80. The molecule has 13 heteroatoms. The Morgan fingerprint density at radius 3 is 2.23 bits per heavy atom. The third-order valence-electron chi connectivity index (χ3n) is 8.42. The second-order valence-electron chi connectivity index (χ2n) is 11.4. The Morgan fingerprint density at radius 2 is 1.60 bits per heavy atom. The number of rotatable bonds is 7. The fraction of sp³-hybridized carbons (Fsp3) is 0.567. The van der Waals surface area contributed by atoms with Gasteiger partial charge in [0.15, 0.2) is 0 Å². The van der Waals surface area contributed by atoms with E-state index in [4.69, 9.17) is 4.74 Å². The molecule has 1 N–H and O–H groups in total. The topological polar surface area (TPSA) is 120 Å². The number of carbonyl (C=O) groups is 3. The molecule has 234 valence electrons. The number of sulfonamides is 1. The van der Waals surface area contributed by atoms with E-state index in [1.807, 2.05) is 4.90 Å². The molecule has 43 heavy (non-hydrogen) atoms. The molecule has 0 unspecified atom stereocenters. The van der Waals surface area contributed by atoms with Crippen LogP contribution in [0.15, 0.2) is 29.2 Å². The predicted molar refractivity (Wildman–Crippen MR) is 165 cm³/mol. The Bertz CT molecular complexity index is 1440. The zero-order valence-corrected chi connectivity index (χ0v) is 26.8. The van der Waals surface area contributed by atoms with Crippen LogP contribution in [0.2, 0.25) is 0 Å². The van der Waals surface area contributed by atoms with E-state index in [-0.39, 0.29) is 49.5 Å². The highest BCUT2D eigenvalue weighted by Gasteiger charge is 2.33. The maximum absolute atomic E-state index is 13.8. The van der Waals surface area contributed by atoms with E-state index in [1.54, 1.807) is 6.92 Å². The van der Waals surface area contributed by atoms with E-state index in [9.17, 15) is 22.8 Å². The average Bonchev–Trinajstić information content (AvgIpc) is 3.38. The summed E-state index contributed by atoms with van der Waals surface area (Å²) in [6.45, 7) is 10.2. The Kier molecular flexibility index (Phi) is 9.74. The minimum Gasteiger partial charge on any atom is -0.450 e. The first-order valence-corrected chi connectivity index (χ1v) is 17.4. The fourth-order valence-electron chi connectivity index (χ4n) is 5.86. The highest BCUT2D eigenvalue weighted by Crippen LogP contribution is 2.39. The number of ether oxygens (including phenoxy) is 1. The maximum Gasteiger partial charge on any atom is 0.409 e. The summed E-state index contributed by atoms with van der Waals surface area (Å²) in [5.41, 5.74) is 1.95. The Hall–Kier alpha value is -3.00. The van der Waals surface area contributed by atoms with E-state index in [0.29, 0.717) is 22.2 Å². The standard InChI is InChI=1S/C30H41N5O6S2/c1-4-41-30(38)33-16-18-35(19-17-33)43(39,40)23-10-8-22(9-11-23)27(36)31-28-26(29(37)32-13-6-5-7-14-32)24-12-15-34(21(2)3)20-25(24)42-28/h8-11,21H,4-7,12-20H2,1-3H3,(H,31,36). The van der Waals surface area contributed by atoms with Crippen molar-refractivity contribution in [2.75, 3.05) is 57.7 Å². The number of thiophene rings is 1. The van der Waals surface area contributed by atoms with Crippen LogP contribution in [0.3, 0.4) is 0 Å². The van der Waals surface area contributed by atoms with Gasteiger partial charge in [0.2, 0.25) is 10.0 Å². The van der Waals surface area contributed by atoms with Crippen molar-refractivity contribution < 1.29 is 27.5 Å². The highest BCUT2D eigenvalue weighted by atomic mass is 32.2. The number of likely N-dealkylation sites (tertiary alicyclic amines) is 1. The van der Waals surface area contributed by atoms with Crippen molar-refractivity contribution in [1.82, 2.24) is 19.0 Å². The van der Waals surface area contributed by atoms with Crippen LogP contribution in [0.1, 0.15) is 71.2 Å². The maximum atomic E-state index is 13.8. The second kappa shape index (κ2) is 13.3.